The minimum atomic E-state index is -0.0700. The van der Waals surface area contributed by atoms with Crippen molar-refractivity contribution in [1.82, 2.24) is 15.1 Å². The van der Waals surface area contributed by atoms with Crippen LogP contribution in [0.3, 0.4) is 0 Å². The monoisotopic (exact) mass is 335 g/mol. The molecule has 5 heteroatoms. The lowest BCUT2D eigenvalue weighted by Crippen LogP contribution is -2.25. The Morgan fingerprint density at radius 3 is 2.56 bits per heavy atom. The summed E-state index contributed by atoms with van der Waals surface area (Å²) in [5.74, 6) is -0.0700. The first-order valence-electron chi connectivity index (χ1n) is 8.21. The van der Waals surface area contributed by atoms with Crippen molar-refractivity contribution < 1.29 is 9.53 Å². The smallest absolute Gasteiger partial charge is 0.251 e. The quantitative estimate of drug-likeness (QED) is 0.722. The molecule has 0 saturated heterocycles. The number of benzene rings is 2. The van der Waals surface area contributed by atoms with Gasteiger partial charge in [-0.25, -0.2) is 4.68 Å². The third-order valence-corrected chi connectivity index (χ3v) is 3.88. The molecule has 1 heterocycles. The standard InChI is InChI=1S/C20H21N3O2/c1-25-15-16-7-9-18(10-8-16)20(24)21-12-11-17-13-22-23(14-17)19-5-3-2-4-6-19/h2-10,13-14H,11-12,15H2,1H3,(H,21,24). The molecule has 5 nitrogen and oxygen atoms in total. The van der Waals surface area contributed by atoms with Crippen molar-refractivity contribution in [2.45, 2.75) is 13.0 Å². The van der Waals surface area contributed by atoms with Gasteiger partial charge < -0.3 is 10.1 Å². The molecular weight excluding hydrogens is 314 g/mol. The van der Waals surface area contributed by atoms with Crippen LogP contribution in [0.2, 0.25) is 0 Å². The number of rotatable bonds is 7. The number of ether oxygens (including phenoxy) is 1. The Bertz CT molecular complexity index is 810. The van der Waals surface area contributed by atoms with Gasteiger partial charge in [0.15, 0.2) is 0 Å². The number of aromatic nitrogens is 2. The molecule has 0 radical (unpaired) electrons. The first-order valence-corrected chi connectivity index (χ1v) is 8.21. The molecule has 3 aromatic rings. The van der Waals surface area contributed by atoms with Crippen LogP contribution in [0.15, 0.2) is 67.0 Å². The van der Waals surface area contributed by atoms with Gasteiger partial charge in [0.05, 0.1) is 18.5 Å². The predicted octanol–water partition coefficient (Wildman–Crippen LogP) is 2.99. The van der Waals surface area contributed by atoms with E-state index in [0.29, 0.717) is 18.7 Å². The lowest BCUT2D eigenvalue weighted by atomic mass is 10.1. The van der Waals surface area contributed by atoms with E-state index in [1.54, 1.807) is 7.11 Å². The van der Waals surface area contributed by atoms with Crippen molar-refractivity contribution in [3.8, 4) is 5.69 Å². The summed E-state index contributed by atoms with van der Waals surface area (Å²) in [6.07, 6.45) is 4.56. The molecule has 1 amide bonds. The largest absolute Gasteiger partial charge is 0.380 e. The molecule has 2 aromatic carbocycles. The first kappa shape index (κ1) is 16.9. The lowest BCUT2D eigenvalue weighted by Gasteiger charge is -2.05. The third-order valence-electron chi connectivity index (χ3n) is 3.88. The normalized spacial score (nSPS) is 10.6. The minimum Gasteiger partial charge on any atom is -0.380 e. The van der Waals surface area contributed by atoms with Crippen molar-refractivity contribution >= 4 is 5.91 Å². The first-order chi connectivity index (χ1) is 12.3. The highest BCUT2D eigenvalue weighted by Gasteiger charge is 2.06. The molecule has 0 spiro atoms. The van der Waals surface area contributed by atoms with E-state index < -0.39 is 0 Å². The van der Waals surface area contributed by atoms with Crippen LogP contribution in [0.1, 0.15) is 21.5 Å². The molecular formula is C20H21N3O2. The lowest BCUT2D eigenvalue weighted by molar-refractivity contribution is 0.0954. The zero-order valence-electron chi connectivity index (χ0n) is 14.2. The van der Waals surface area contributed by atoms with E-state index in [2.05, 4.69) is 10.4 Å². The fraction of sp³-hybridized carbons (Fsp3) is 0.200. The van der Waals surface area contributed by atoms with Crippen LogP contribution >= 0.6 is 0 Å². The Labute approximate surface area is 147 Å². The van der Waals surface area contributed by atoms with Gasteiger partial charge in [-0.3, -0.25) is 4.79 Å². The number of para-hydroxylation sites is 1. The summed E-state index contributed by atoms with van der Waals surface area (Å²) in [5.41, 5.74) is 3.81. The number of hydrogen-bond donors (Lipinski definition) is 1. The zero-order valence-corrected chi connectivity index (χ0v) is 14.2. The predicted molar refractivity (Wildman–Crippen MR) is 96.8 cm³/mol. The molecule has 0 unspecified atom stereocenters. The van der Waals surface area contributed by atoms with Crippen molar-refractivity contribution in [1.29, 1.82) is 0 Å². The Morgan fingerprint density at radius 1 is 1.08 bits per heavy atom. The SMILES string of the molecule is COCc1ccc(C(=O)NCCc2cnn(-c3ccccc3)c2)cc1. The average molecular weight is 335 g/mol. The second kappa shape index (κ2) is 8.26. The Hall–Kier alpha value is -2.92. The molecule has 1 N–H and O–H groups in total. The minimum absolute atomic E-state index is 0.0700. The topological polar surface area (TPSA) is 56.1 Å². The number of carbonyl (C=O) groups is 1. The van der Waals surface area contributed by atoms with Gasteiger partial charge in [-0.05, 0) is 41.8 Å². The molecule has 0 saturated carbocycles. The van der Waals surface area contributed by atoms with Gasteiger partial charge in [-0.1, -0.05) is 30.3 Å². The Balaban J connectivity index is 1.51. The number of hydrogen-bond acceptors (Lipinski definition) is 3. The number of carbonyl (C=O) groups excluding carboxylic acids is 1. The number of nitrogens with zero attached hydrogens (tertiary/aromatic N) is 2. The zero-order chi connectivity index (χ0) is 17.5. The third kappa shape index (κ3) is 4.55. The van der Waals surface area contributed by atoms with Gasteiger partial charge >= 0.3 is 0 Å². The van der Waals surface area contributed by atoms with Crippen LogP contribution in [-0.4, -0.2) is 29.3 Å². The maximum absolute atomic E-state index is 12.2. The number of amides is 1. The second-order valence-electron chi connectivity index (χ2n) is 5.76. The summed E-state index contributed by atoms with van der Waals surface area (Å²) in [7, 11) is 1.65. The molecule has 0 fully saturated rings. The average Bonchev–Trinajstić information content (AvgIpc) is 3.12. The van der Waals surface area contributed by atoms with E-state index in [1.165, 1.54) is 0 Å². The Kier molecular flexibility index (Phi) is 5.59. The van der Waals surface area contributed by atoms with Crippen molar-refractivity contribution in [2.24, 2.45) is 0 Å². The molecule has 0 aliphatic rings. The summed E-state index contributed by atoms with van der Waals surface area (Å²) in [6, 6.07) is 17.4. The van der Waals surface area contributed by atoms with Crippen molar-refractivity contribution in [3.05, 3.63) is 83.7 Å². The second-order valence-corrected chi connectivity index (χ2v) is 5.76. The highest BCUT2D eigenvalue weighted by molar-refractivity contribution is 5.94. The fourth-order valence-electron chi connectivity index (χ4n) is 2.55. The van der Waals surface area contributed by atoms with E-state index in [9.17, 15) is 4.79 Å². The van der Waals surface area contributed by atoms with Crippen molar-refractivity contribution in [3.63, 3.8) is 0 Å². The van der Waals surface area contributed by atoms with Crippen LogP contribution in [-0.2, 0) is 17.8 Å². The molecule has 0 atom stereocenters. The van der Waals surface area contributed by atoms with E-state index in [0.717, 1.165) is 23.2 Å². The van der Waals surface area contributed by atoms with Gasteiger partial charge in [0, 0.05) is 25.4 Å². The summed E-state index contributed by atoms with van der Waals surface area (Å²) in [5, 5.41) is 7.30. The van der Waals surface area contributed by atoms with Crippen molar-refractivity contribution in [2.75, 3.05) is 13.7 Å². The van der Waals surface area contributed by atoms with E-state index in [4.69, 9.17) is 4.74 Å². The maximum atomic E-state index is 12.2. The molecule has 0 aliphatic carbocycles. The number of methoxy groups -OCH3 is 1. The summed E-state index contributed by atoms with van der Waals surface area (Å²) < 4.78 is 6.91. The summed E-state index contributed by atoms with van der Waals surface area (Å²) in [4.78, 5) is 12.2. The Morgan fingerprint density at radius 2 is 1.84 bits per heavy atom. The summed E-state index contributed by atoms with van der Waals surface area (Å²) >= 11 is 0. The van der Waals surface area contributed by atoms with Crippen LogP contribution < -0.4 is 5.32 Å². The number of nitrogens with one attached hydrogen (secondary N) is 1. The summed E-state index contributed by atoms with van der Waals surface area (Å²) in [6.45, 7) is 1.12. The van der Waals surface area contributed by atoms with Crippen LogP contribution in [0.4, 0.5) is 0 Å². The van der Waals surface area contributed by atoms with E-state index >= 15 is 0 Å². The van der Waals surface area contributed by atoms with Gasteiger partial charge in [0.2, 0.25) is 0 Å². The molecule has 1 aromatic heterocycles. The van der Waals surface area contributed by atoms with Crippen LogP contribution in [0, 0.1) is 0 Å². The molecule has 3 rings (SSSR count). The van der Waals surface area contributed by atoms with Gasteiger partial charge in [-0.15, -0.1) is 0 Å². The van der Waals surface area contributed by atoms with Crippen LogP contribution in [0.5, 0.6) is 0 Å². The molecule has 0 bridgehead atoms. The highest BCUT2D eigenvalue weighted by Crippen LogP contribution is 2.08. The van der Waals surface area contributed by atoms with Crippen LogP contribution in [0.25, 0.3) is 5.69 Å². The van der Waals surface area contributed by atoms with Gasteiger partial charge in [0.25, 0.3) is 5.91 Å². The molecule has 128 valence electrons. The van der Waals surface area contributed by atoms with E-state index in [1.807, 2.05) is 71.7 Å². The fourth-order valence-corrected chi connectivity index (χ4v) is 2.55. The van der Waals surface area contributed by atoms with Gasteiger partial charge in [-0.2, -0.15) is 5.10 Å². The molecule has 0 aliphatic heterocycles. The molecule has 25 heavy (non-hydrogen) atoms. The maximum Gasteiger partial charge on any atom is 0.251 e. The van der Waals surface area contributed by atoms with E-state index in [-0.39, 0.29) is 5.91 Å². The van der Waals surface area contributed by atoms with Gasteiger partial charge in [0.1, 0.15) is 0 Å². The highest BCUT2D eigenvalue weighted by atomic mass is 16.5.